The molecule has 1 aliphatic carbocycles. The Kier molecular flexibility index (Phi) is 5.08. The first-order chi connectivity index (χ1) is 15.9. The van der Waals surface area contributed by atoms with E-state index in [2.05, 4.69) is 5.32 Å². The summed E-state index contributed by atoms with van der Waals surface area (Å²) in [6, 6.07) is 17.0. The van der Waals surface area contributed by atoms with Crippen LogP contribution in [-0.4, -0.2) is 30.7 Å². The fourth-order valence-corrected chi connectivity index (χ4v) is 4.57. The monoisotopic (exact) mass is 443 g/mol. The van der Waals surface area contributed by atoms with Crippen LogP contribution in [0.1, 0.15) is 39.9 Å². The Labute approximate surface area is 192 Å². The van der Waals surface area contributed by atoms with Gasteiger partial charge in [-0.3, -0.25) is 4.79 Å². The van der Waals surface area contributed by atoms with Gasteiger partial charge in [-0.15, -0.1) is 0 Å². The van der Waals surface area contributed by atoms with E-state index in [1.165, 1.54) is 0 Å². The predicted octanol–water partition coefficient (Wildman–Crippen LogP) is 4.97. The van der Waals surface area contributed by atoms with E-state index in [1.807, 2.05) is 55.5 Å². The molecule has 0 bridgehead atoms. The number of amides is 1. The number of hydrogen-bond acceptors (Lipinski definition) is 4. The Hall–Kier alpha value is -3.80. The highest BCUT2D eigenvalue weighted by Crippen LogP contribution is 2.49. The van der Waals surface area contributed by atoms with Crippen molar-refractivity contribution in [3.8, 4) is 22.6 Å². The van der Waals surface area contributed by atoms with Gasteiger partial charge in [-0.1, -0.05) is 18.2 Å². The first-order valence-corrected chi connectivity index (χ1v) is 11.0. The molecule has 5 rings (SSSR count). The van der Waals surface area contributed by atoms with Crippen LogP contribution in [-0.2, 0) is 16.6 Å². The van der Waals surface area contributed by atoms with E-state index in [0.29, 0.717) is 24.5 Å². The van der Waals surface area contributed by atoms with Gasteiger partial charge in [0.15, 0.2) is 0 Å². The Morgan fingerprint density at radius 2 is 1.82 bits per heavy atom. The van der Waals surface area contributed by atoms with E-state index >= 15 is 0 Å². The normalized spacial score (nSPS) is 15.3. The zero-order chi connectivity index (χ0) is 23.2. The second kappa shape index (κ2) is 7.96. The molecule has 1 heterocycles. The third kappa shape index (κ3) is 3.71. The molecule has 2 N–H and O–H groups in total. The van der Waals surface area contributed by atoms with Gasteiger partial charge in [0.05, 0.1) is 19.1 Å². The lowest BCUT2D eigenvalue weighted by Crippen LogP contribution is -2.27. The van der Waals surface area contributed by atoms with Crippen molar-refractivity contribution in [1.29, 1.82) is 0 Å². The number of carboxylic acid groups (broad SMARTS) is 1. The lowest BCUT2D eigenvalue weighted by atomic mass is 9.93. The number of rotatable bonds is 6. The van der Waals surface area contributed by atoms with Crippen LogP contribution in [0.25, 0.3) is 11.1 Å². The molecule has 0 saturated heterocycles. The Balaban J connectivity index is 1.45. The molecule has 0 radical (unpaired) electrons. The lowest BCUT2D eigenvalue weighted by Gasteiger charge is -2.18. The summed E-state index contributed by atoms with van der Waals surface area (Å²) in [5.41, 5.74) is 4.92. The van der Waals surface area contributed by atoms with E-state index in [0.717, 1.165) is 46.4 Å². The molecule has 3 aromatic rings. The Morgan fingerprint density at radius 1 is 1.06 bits per heavy atom. The lowest BCUT2D eigenvalue weighted by molar-refractivity contribution is -0.118. The minimum absolute atomic E-state index is 0.0314. The van der Waals surface area contributed by atoms with E-state index in [9.17, 15) is 14.7 Å². The minimum atomic E-state index is -1.01. The number of aryl methyl sites for hydroxylation is 1. The third-order valence-corrected chi connectivity index (χ3v) is 6.65. The average Bonchev–Trinajstić information content (AvgIpc) is 3.50. The van der Waals surface area contributed by atoms with Crippen LogP contribution in [0.5, 0.6) is 11.5 Å². The van der Waals surface area contributed by atoms with Crippen molar-refractivity contribution in [3.63, 3.8) is 0 Å². The second-order valence-corrected chi connectivity index (χ2v) is 8.71. The molecule has 3 aromatic carbocycles. The van der Waals surface area contributed by atoms with Gasteiger partial charge in [-0.2, -0.15) is 0 Å². The van der Waals surface area contributed by atoms with Crippen molar-refractivity contribution in [2.24, 2.45) is 0 Å². The highest BCUT2D eigenvalue weighted by Gasteiger charge is 2.51. The topological polar surface area (TPSA) is 84.9 Å². The summed E-state index contributed by atoms with van der Waals surface area (Å²) < 4.78 is 10.8. The molecule has 0 atom stereocenters. The SMILES string of the molecule is COc1ccc(C2(C(=O)Nc3ccc(C)c(-c4cc5c(c(C(=O)O)c4)OCC5)c3)CC2)cc1. The second-order valence-electron chi connectivity index (χ2n) is 8.71. The number of aromatic carboxylic acids is 1. The number of anilines is 1. The predicted molar refractivity (Wildman–Crippen MR) is 125 cm³/mol. The standard InChI is InChI=1S/C27H25NO5/c1-16-3-6-20(28-26(31)27(10-11-27)19-4-7-21(32-2)8-5-19)15-22(16)18-13-17-9-12-33-24(17)23(14-18)25(29)30/h3-8,13-15H,9-12H2,1-2H3,(H,28,31)(H,29,30). The van der Waals surface area contributed by atoms with Gasteiger partial charge in [0.1, 0.15) is 17.1 Å². The molecule has 1 saturated carbocycles. The largest absolute Gasteiger partial charge is 0.497 e. The maximum Gasteiger partial charge on any atom is 0.339 e. The summed E-state index contributed by atoms with van der Waals surface area (Å²) in [6.45, 7) is 2.46. The number of nitrogens with one attached hydrogen (secondary N) is 1. The van der Waals surface area contributed by atoms with Gasteiger partial charge in [0.2, 0.25) is 5.91 Å². The molecule has 1 fully saturated rings. The van der Waals surface area contributed by atoms with Crippen LogP contribution in [0.3, 0.4) is 0 Å². The van der Waals surface area contributed by atoms with Crippen LogP contribution in [0.2, 0.25) is 0 Å². The molecule has 6 nitrogen and oxygen atoms in total. The Bertz CT molecular complexity index is 1260. The van der Waals surface area contributed by atoms with Crippen LogP contribution in [0, 0.1) is 6.92 Å². The summed E-state index contributed by atoms with van der Waals surface area (Å²) in [5.74, 6) is 0.186. The van der Waals surface area contributed by atoms with Crippen LogP contribution in [0.15, 0.2) is 54.6 Å². The van der Waals surface area contributed by atoms with E-state index in [1.54, 1.807) is 13.2 Å². The van der Waals surface area contributed by atoms with Crippen molar-refractivity contribution in [2.75, 3.05) is 19.0 Å². The maximum absolute atomic E-state index is 13.2. The van der Waals surface area contributed by atoms with Gasteiger partial charge in [0.25, 0.3) is 0 Å². The summed E-state index contributed by atoms with van der Waals surface area (Å²) in [6.07, 6.45) is 2.29. The van der Waals surface area contributed by atoms with Gasteiger partial charge in [-0.25, -0.2) is 4.79 Å². The number of methoxy groups -OCH3 is 1. The Morgan fingerprint density at radius 3 is 2.48 bits per heavy atom. The van der Waals surface area contributed by atoms with E-state index in [-0.39, 0.29) is 11.5 Å². The van der Waals surface area contributed by atoms with Gasteiger partial charge in [-0.05, 0) is 84.0 Å². The van der Waals surface area contributed by atoms with Gasteiger partial charge < -0.3 is 19.9 Å². The van der Waals surface area contributed by atoms with Crippen molar-refractivity contribution in [2.45, 2.75) is 31.6 Å². The van der Waals surface area contributed by atoms with Crippen molar-refractivity contribution < 1.29 is 24.2 Å². The van der Waals surface area contributed by atoms with Crippen molar-refractivity contribution in [1.82, 2.24) is 0 Å². The zero-order valence-corrected chi connectivity index (χ0v) is 18.6. The highest BCUT2D eigenvalue weighted by molar-refractivity contribution is 6.02. The number of fused-ring (bicyclic) bond motifs is 1. The molecule has 0 unspecified atom stereocenters. The zero-order valence-electron chi connectivity index (χ0n) is 18.6. The van der Waals surface area contributed by atoms with Crippen molar-refractivity contribution >= 4 is 17.6 Å². The maximum atomic E-state index is 13.2. The highest BCUT2D eigenvalue weighted by atomic mass is 16.5. The summed E-state index contributed by atoms with van der Waals surface area (Å²) in [5, 5.41) is 12.7. The molecule has 1 aliphatic heterocycles. The molecular weight excluding hydrogens is 418 g/mol. The van der Waals surface area contributed by atoms with Crippen LogP contribution >= 0.6 is 0 Å². The fourth-order valence-electron chi connectivity index (χ4n) is 4.57. The minimum Gasteiger partial charge on any atom is -0.497 e. The first-order valence-electron chi connectivity index (χ1n) is 11.0. The first kappa shape index (κ1) is 21.1. The number of benzene rings is 3. The number of ether oxygens (including phenoxy) is 2. The number of carbonyl (C=O) groups is 2. The van der Waals surface area contributed by atoms with Gasteiger partial charge in [0, 0.05) is 12.1 Å². The summed E-state index contributed by atoms with van der Waals surface area (Å²) >= 11 is 0. The third-order valence-electron chi connectivity index (χ3n) is 6.65. The fraction of sp³-hybridized carbons (Fsp3) is 0.259. The molecule has 0 aromatic heterocycles. The van der Waals surface area contributed by atoms with E-state index in [4.69, 9.17) is 9.47 Å². The molecular formula is C27H25NO5. The molecule has 2 aliphatic rings. The molecule has 1 amide bonds. The number of carbonyl (C=O) groups excluding carboxylic acids is 1. The van der Waals surface area contributed by atoms with Crippen LogP contribution in [0.4, 0.5) is 5.69 Å². The molecule has 0 spiro atoms. The summed E-state index contributed by atoms with van der Waals surface area (Å²) in [7, 11) is 1.62. The van der Waals surface area contributed by atoms with Crippen LogP contribution < -0.4 is 14.8 Å². The summed E-state index contributed by atoms with van der Waals surface area (Å²) in [4.78, 5) is 25.0. The van der Waals surface area contributed by atoms with E-state index < -0.39 is 11.4 Å². The molecule has 168 valence electrons. The number of carboxylic acids is 1. The number of hydrogen-bond donors (Lipinski definition) is 2. The van der Waals surface area contributed by atoms with Crippen molar-refractivity contribution in [3.05, 3.63) is 76.9 Å². The average molecular weight is 443 g/mol. The molecule has 33 heavy (non-hydrogen) atoms. The van der Waals surface area contributed by atoms with Gasteiger partial charge >= 0.3 is 5.97 Å². The smallest absolute Gasteiger partial charge is 0.339 e. The quantitative estimate of drug-likeness (QED) is 0.562. The molecule has 6 heteroatoms.